The third-order valence-corrected chi connectivity index (χ3v) is 7.22. The van der Waals surface area contributed by atoms with Crippen LogP contribution in [-0.4, -0.2) is 29.2 Å². The minimum absolute atomic E-state index is 0.0457. The van der Waals surface area contributed by atoms with Gasteiger partial charge in [0.15, 0.2) is 0 Å². The van der Waals surface area contributed by atoms with Crippen molar-refractivity contribution in [3.63, 3.8) is 0 Å². The van der Waals surface area contributed by atoms with E-state index in [-0.39, 0.29) is 42.5 Å². The number of benzene rings is 1. The molecule has 3 aliphatic rings. The van der Waals surface area contributed by atoms with Crippen LogP contribution in [0.4, 0.5) is 5.69 Å². The molecule has 3 fully saturated rings. The Hall–Kier alpha value is -1.69. The molecule has 4 rings (SSSR count). The second kappa shape index (κ2) is 6.48. The first kappa shape index (κ1) is 17.7. The topological polar surface area (TPSA) is 66.5 Å². The van der Waals surface area contributed by atoms with Crippen LogP contribution in [0.3, 0.4) is 0 Å². The zero-order chi connectivity index (χ0) is 18.6. The molecule has 2 aliphatic carbocycles. The van der Waals surface area contributed by atoms with Crippen molar-refractivity contribution >= 4 is 39.3 Å². The molecule has 6 heteroatoms. The summed E-state index contributed by atoms with van der Waals surface area (Å²) >= 11 is 3.48. The Labute approximate surface area is 161 Å². The quantitative estimate of drug-likeness (QED) is 0.761. The molecule has 3 amide bonds. The lowest BCUT2D eigenvalue weighted by Gasteiger charge is -2.19. The van der Waals surface area contributed by atoms with Gasteiger partial charge >= 0.3 is 0 Å². The van der Waals surface area contributed by atoms with Gasteiger partial charge in [0.2, 0.25) is 17.7 Å². The van der Waals surface area contributed by atoms with Gasteiger partial charge in [0, 0.05) is 23.1 Å². The number of fused-ring (bicyclic) bond motifs is 5. The number of anilines is 1. The van der Waals surface area contributed by atoms with Gasteiger partial charge < -0.3 is 5.32 Å². The normalized spacial score (nSPS) is 29.4. The van der Waals surface area contributed by atoms with Gasteiger partial charge in [-0.05, 0) is 68.2 Å². The lowest BCUT2D eigenvalue weighted by Crippen LogP contribution is -2.35. The Morgan fingerprint density at radius 2 is 1.73 bits per heavy atom. The summed E-state index contributed by atoms with van der Waals surface area (Å²) in [5.74, 6) is 0.283. The number of aryl methyl sites for hydroxylation is 2. The molecule has 138 valence electrons. The van der Waals surface area contributed by atoms with E-state index in [0.29, 0.717) is 11.8 Å². The Bertz CT molecular complexity index is 778. The number of carbonyl (C=O) groups is 3. The van der Waals surface area contributed by atoms with E-state index in [2.05, 4.69) is 21.2 Å². The maximum atomic E-state index is 12.7. The van der Waals surface area contributed by atoms with E-state index in [9.17, 15) is 14.4 Å². The van der Waals surface area contributed by atoms with Gasteiger partial charge in [-0.15, -0.1) is 0 Å². The van der Waals surface area contributed by atoms with Gasteiger partial charge in [0.05, 0.1) is 11.8 Å². The number of likely N-dealkylation sites (tertiary alicyclic amines) is 1. The zero-order valence-corrected chi connectivity index (χ0v) is 16.6. The van der Waals surface area contributed by atoms with E-state index in [0.717, 1.165) is 40.5 Å². The number of carbonyl (C=O) groups excluding carboxylic acids is 3. The summed E-state index contributed by atoms with van der Waals surface area (Å²) in [6.45, 7) is 4.09. The lowest BCUT2D eigenvalue weighted by atomic mass is 9.81. The highest BCUT2D eigenvalue weighted by molar-refractivity contribution is 9.10. The van der Waals surface area contributed by atoms with Gasteiger partial charge in [-0.1, -0.05) is 15.9 Å². The fraction of sp³-hybridized carbons (Fsp3) is 0.550. The summed E-state index contributed by atoms with van der Waals surface area (Å²) in [5, 5.41) is 2.90. The predicted octanol–water partition coefficient (Wildman–Crippen LogP) is 3.43. The molecule has 4 atom stereocenters. The second-order valence-electron chi connectivity index (χ2n) is 7.93. The summed E-state index contributed by atoms with van der Waals surface area (Å²) in [6.07, 6.45) is 3.31. The molecule has 1 aromatic carbocycles. The fourth-order valence-corrected chi connectivity index (χ4v) is 5.49. The molecule has 0 aromatic heterocycles. The van der Waals surface area contributed by atoms with Crippen LogP contribution in [0.1, 0.15) is 36.8 Å². The van der Waals surface area contributed by atoms with Crippen molar-refractivity contribution in [3.8, 4) is 0 Å². The Morgan fingerprint density at radius 1 is 1.12 bits per heavy atom. The molecular weight excluding hydrogens is 396 g/mol. The summed E-state index contributed by atoms with van der Waals surface area (Å²) in [7, 11) is 0. The smallest absolute Gasteiger partial charge is 0.233 e. The van der Waals surface area contributed by atoms with Crippen LogP contribution in [0.2, 0.25) is 0 Å². The third kappa shape index (κ3) is 2.79. The molecule has 2 saturated carbocycles. The zero-order valence-electron chi connectivity index (χ0n) is 15.0. The van der Waals surface area contributed by atoms with E-state index in [4.69, 9.17) is 0 Å². The number of nitrogens with zero attached hydrogens (tertiary/aromatic N) is 1. The van der Waals surface area contributed by atoms with Crippen LogP contribution in [0.15, 0.2) is 16.6 Å². The van der Waals surface area contributed by atoms with Crippen molar-refractivity contribution in [2.75, 3.05) is 11.9 Å². The lowest BCUT2D eigenvalue weighted by molar-refractivity contribution is -0.140. The first-order valence-electron chi connectivity index (χ1n) is 9.28. The molecule has 1 aromatic rings. The van der Waals surface area contributed by atoms with E-state index in [1.807, 2.05) is 26.0 Å². The fourth-order valence-electron chi connectivity index (χ4n) is 5.03. The van der Waals surface area contributed by atoms with Crippen LogP contribution < -0.4 is 5.32 Å². The van der Waals surface area contributed by atoms with Crippen LogP contribution in [-0.2, 0) is 14.4 Å². The summed E-state index contributed by atoms with van der Waals surface area (Å²) < 4.78 is 1.00. The maximum absolute atomic E-state index is 12.7. The van der Waals surface area contributed by atoms with Crippen LogP contribution in [0.25, 0.3) is 0 Å². The molecule has 0 radical (unpaired) electrons. The molecule has 26 heavy (non-hydrogen) atoms. The number of imide groups is 1. The van der Waals surface area contributed by atoms with Crippen LogP contribution in [0, 0.1) is 37.5 Å². The average molecular weight is 419 g/mol. The van der Waals surface area contributed by atoms with Crippen molar-refractivity contribution in [1.82, 2.24) is 4.90 Å². The number of hydrogen-bond donors (Lipinski definition) is 1. The third-order valence-electron chi connectivity index (χ3n) is 6.36. The van der Waals surface area contributed by atoms with E-state index >= 15 is 0 Å². The van der Waals surface area contributed by atoms with E-state index in [1.54, 1.807) is 0 Å². The van der Waals surface area contributed by atoms with Crippen LogP contribution >= 0.6 is 15.9 Å². The number of nitrogens with one attached hydrogen (secondary N) is 1. The first-order valence-corrected chi connectivity index (χ1v) is 10.1. The van der Waals surface area contributed by atoms with Crippen molar-refractivity contribution in [3.05, 3.63) is 27.7 Å². The highest BCUT2D eigenvalue weighted by atomic mass is 79.9. The Kier molecular flexibility index (Phi) is 4.41. The van der Waals surface area contributed by atoms with Gasteiger partial charge in [0.1, 0.15) is 0 Å². The molecule has 0 spiro atoms. The number of rotatable bonds is 4. The second-order valence-corrected chi connectivity index (χ2v) is 8.78. The number of hydrogen-bond acceptors (Lipinski definition) is 3. The largest absolute Gasteiger partial charge is 0.326 e. The van der Waals surface area contributed by atoms with Gasteiger partial charge in [0.25, 0.3) is 0 Å². The monoisotopic (exact) mass is 418 g/mol. The van der Waals surface area contributed by atoms with Gasteiger partial charge in [-0.25, -0.2) is 0 Å². The molecule has 1 saturated heterocycles. The van der Waals surface area contributed by atoms with Gasteiger partial charge in [-0.3, -0.25) is 19.3 Å². The first-order chi connectivity index (χ1) is 12.4. The van der Waals surface area contributed by atoms with Gasteiger partial charge in [-0.2, -0.15) is 0 Å². The van der Waals surface area contributed by atoms with E-state index in [1.165, 1.54) is 4.90 Å². The van der Waals surface area contributed by atoms with E-state index < -0.39 is 0 Å². The van der Waals surface area contributed by atoms with Crippen LogP contribution in [0.5, 0.6) is 0 Å². The minimum Gasteiger partial charge on any atom is -0.326 e. The SMILES string of the molecule is Cc1cc(NC(=O)CCN2C(=O)[C@@H]3[C@@H]4CC[C@@H](C4)[C@@H]3C2=O)c(C)cc1Br. The van der Waals surface area contributed by atoms with Crippen molar-refractivity contribution < 1.29 is 14.4 Å². The molecular formula is C20H23BrN2O3. The minimum atomic E-state index is -0.171. The summed E-state index contributed by atoms with van der Waals surface area (Å²) in [5.41, 5.74) is 2.78. The van der Waals surface area contributed by atoms with Crippen molar-refractivity contribution in [2.45, 2.75) is 39.5 Å². The number of amides is 3. The molecule has 1 aliphatic heterocycles. The van der Waals surface area contributed by atoms with Crippen molar-refractivity contribution in [2.24, 2.45) is 23.7 Å². The number of halogens is 1. The molecule has 1 heterocycles. The Balaban J connectivity index is 1.39. The highest BCUT2D eigenvalue weighted by Crippen LogP contribution is 2.56. The Morgan fingerprint density at radius 3 is 2.35 bits per heavy atom. The summed E-state index contributed by atoms with van der Waals surface area (Å²) in [6, 6.07) is 3.89. The predicted molar refractivity (Wildman–Crippen MR) is 101 cm³/mol. The summed E-state index contributed by atoms with van der Waals surface area (Å²) in [4.78, 5) is 39.0. The highest BCUT2D eigenvalue weighted by Gasteiger charge is 2.60. The maximum Gasteiger partial charge on any atom is 0.233 e. The van der Waals surface area contributed by atoms with Crippen molar-refractivity contribution in [1.29, 1.82) is 0 Å². The average Bonchev–Trinajstić information content (AvgIpc) is 3.26. The molecule has 1 N–H and O–H groups in total. The molecule has 2 bridgehead atoms. The standard InChI is InChI=1S/C20H23BrN2O3/c1-10-8-15(11(2)7-14(10)21)22-16(24)5-6-23-19(25)17-12-3-4-13(9-12)18(17)20(23)26/h7-8,12-13,17-18H,3-6,9H2,1-2H3,(H,22,24)/t12-,13+,17-,18+. The molecule has 5 nitrogen and oxygen atoms in total. The molecule has 0 unspecified atom stereocenters.